The molecule has 0 aliphatic carbocycles. The Morgan fingerprint density at radius 1 is 1.11 bits per heavy atom. The normalized spacial score (nSPS) is 25.9. The lowest BCUT2D eigenvalue weighted by Gasteiger charge is -2.42. The van der Waals surface area contributed by atoms with Crippen molar-refractivity contribution in [2.24, 2.45) is 5.92 Å². The smallest absolute Gasteiger partial charge is 0.240 e. The van der Waals surface area contributed by atoms with Gasteiger partial charge in [-0.05, 0) is 32.2 Å². The van der Waals surface area contributed by atoms with E-state index in [1.54, 1.807) is 0 Å². The average Bonchev–Trinajstić information content (AvgIpc) is 3.22. The Bertz CT molecular complexity index is 638. The topological polar surface area (TPSA) is 74.9 Å². The Labute approximate surface area is 167 Å². The molecule has 156 valence electrons. The molecule has 1 aromatic rings. The average molecular weight is 392 g/mol. The monoisotopic (exact) mass is 391 g/mol. The zero-order chi connectivity index (χ0) is 19.3. The number of amides is 1. The second-order valence-electron chi connectivity index (χ2n) is 8.24. The van der Waals surface area contributed by atoms with Crippen molar-refractivity contribution in [3.8, 4) is 0 Å². The highest BCUT2D eigenvalue weighted by atomic mass is 16.5. The summed E-state index contributed by atoms with van der Waals surface area (Å²) in [6.45, 7) is 9.80. The molecule has 3 aliphatic rings. The first-order valence-corrected chi connectivity index (χ1v) is 10.9. The molecule has 3 aliphatic heterocycles. The molecular weight excluding hydrogens is 358 g/mol. The highest BCUT2D eigenvalue weighted by molar-refractivity contribution is 5.79. The standard InChI is InChI=1S/C20H33N5O3/c1-2-18-21-19(28-22-18)15-23-8-5-17(6-9-23)25-7-3-4-16(14-25)20(26)24-10-12-27-13-11-24/h16-17H,2-15H2,1H3/t16-/m1/s1. The molecule has 3 fully saturated rings. The molecule has 0 N–H and O–H groups in total. The number of carbonyl (C=O) groups excluding carboxylic acids is 1. The van der Waals surface area contributed by atoms with E-state index in [9.17, 15) is 4.79 Å². The molecule has 8 heteroatoms. The zero-order valence-electron chi connectivity index (χ0n) is 17.0. The molecule has 8 nitrogen and oxygen atoms in total. The number of likely N-dealkylation sites (tertiary alicyclic amines) is 2. The number of nitrogens with zero attached hydrogens (tertiary/aromatic N) is 5. The van der Waals surface area contributed by atoms with Crippen molar-refractivity contribution >= 4 is 5.91 Å². The summed E-state index contributed by atoms with van der Waals surface area (Å²) >= 11 is 0. The molecule has 1 aromatic heterocycles. The quantitative estimate of drug-likeness (QED) is 0.746. The largest absolute Gasteiger partial charge is 0.378 e. The Kier molecular flexibility index (Phi) is 6.59. The Balaban J connectivity index is 1.25. The third kappa shape index (κ3) is 4.72. The number of hydrogen-bond donors (Lipinski definition) is 0. The number of carbonyl (C=O) groups is 1. The fraction of sp³-hybridized carbons (Fsp3) is 0.850. The molecule has 0 saturated carbocycles. The highest BCUT2D eigenvalue weighted by Gasteiger charge is 2.34. The van der Waals surface area contributed by atoms with Crippen LogP contribution in [0.25, 0.3) is 0 Å². The van der Waals surface area contributed by atoms with Crippen LogP contribution in [-0.4, -0.2) is 89.3 Å². The van der Waals surface area contributed by atoms with Crippen molar-refractivity contribution in [2.45, 2.75) is 51.6 Å². The van der Waals surface area contributed by atoms with Crippen LogP contribution in [-0.2, 0) is 22.5 Å². The van der Waals surface area contributed by atoms with Crippen LogP contribution in [0.3, 0.4) is 0 Å². The van der Waals surface area contributed by atoms with Gasteiger partial charge in [0, 0.05) is 45.2 Å². The van der Waals surface area contributed by atoms with E-state index in [0.29, 0.717) is 25.2 Å². The maximum atomic E-state index is 12.9. The molecule has 0 unspecified atom stereocenters. The molecule has 0 spiro atoms. The Morgan fingerprint density at radius 2 is 1.89 bits per heavy atom. The molecule has 0 aromatic carbocycles. The van der Waals surface area contributed by atoms with Gasteiger partial charge in [-0.3, -0.25) is 14.6 Å². The number of piperidine rings is 2. The van der Waals surface area contributed by atoms with E-state index in [1.807, 2.05) is 11.8 Å². The van der Waals surface area contributed by atoms with Gasteiger partial charge < -0.3 is 14.2 Å². The summed E-state index contributed by atoms with van der Waals surface area (Å²) in [7, 11) is 0. The number of aromatic nitrogens is 2. The number of aryl methyl sites for hydroxylation is 1. The first kappa shape index (κ1) is 19.8. The van der Waals surface area contributed by atoms with E-state index in [2.05, 4.69) is 19.9 Å². The summed E-state index contributed by atoms with van der Waals surface area (Å²) < 4.78 is 10.7. The van der Waals surface area contributed by atoms with Gasteiger partial charge in [-0.1, -0.05) is 12.1 Å². The van der Waals surface area contributed by atoms with Crippen molar-refractivity contribution in [3.63, 3.8) is 0 Å². The summed E-state index contributed by atoms with van der Waals surface area (Å²) in [6.07, 6.45) is 5.26. The van der Waals surface area contributed by atoms with Gasteiger partial charge in [-0.25, -0.2) is 0 Å². The second kappa shape index (κ2) is 9.33. The predicted molar refractivity (Wildman–Crippen MR) is 104 cm³/mol. The van der Waals surface area contributed by atoms with Crippen molar-refractivity contribution < 1.29 is 14.1 Å². The number of hydrogen-bond acceptors (Lipinski definition) is 7. The Morgan fingerprint density at radius 3 is 2.61 bits per heavy atom. The molecule has 4 rings (SSSR count). The van der Waals surface area contributed by atoms with E-state index in [-0.39, 0.29) is 5.92 Å². The molecule has 0 bridgehead atoms. The van der Waals surface area contributed by atoms with E-state index in [1.165, 1.54) is 0 Å². The number of morpholine rings is 1. The van der Waals surface area contributed by atoms with E-state index in [4.69, 9.17) is 9.26 Å². The van der Waals surface area contributed by atoms with Crippen molar-refractivity contribution in [1.29, 1.82) is 0 Å². The SMILES string of the molecule is CCc1noc(CN2CCC(N3CCC[C@@H](C(=O)N4CCOCC4)C3)CC2)n1. The molecule has 1 atom stereocenters. The molecule has 1 amide bonds. The van der Waals surface area contributed by atoms with Crippen LogP contribution < -0.4 is 0 Å². The van der Waals surface area contributed by atoms with E-state index < -0.39 is 0 Å². The van der Waals surface area contributed by atoms with Gasteiger partial charge >= 0.3 is 0 Å². The summed E-state index contributed by atoms with van der Waals surface area (Å²) in [5, 5.41) is 3.99. The third-order valence-corrected chi connectivity index (χ3v) is 6.38. The minimum absolute atomic E-state index is 0.163. The van der Waals surface area contributed by atoms with Gasteiger partial charge in [0.05, 0.1) is 25.7 Å². The van der Waals surface area contributed by atoms with E-state index >= 15 is 0 Å². The summed E-state index contributed by atoms with van der Waals surface area (Å²) in [6, 6.07) is 0.588. The fourth-order valence-electron chi connectivity index (χ4n) is 4.71. The van der Waals surface area contributed by atoms with Crippen LogP contribution in [0.15, 0.2) is 4.52 Å². The molecule has 28 heavy (non-hydrogen) atoms. The number of rotatable bonds is 5. The lowest BCUT2D eigenvalue weighted by atomic mass is 9.92. The minimum atomic E-state index is 0.163. The highest BCUT2D eigenvalue weighted by Crippen LogP contribution is 2.26. The summed E-state index contributed by atoms with van der Waals surface area (Å²) in [5.74, 6) is 2.02. The van der Waals surface area contributed by atoms with Crippen molar-refractivity contribution in [3.05, 3.63) is 11.7 Å². The first-order valence-electron chi connectivity index (χ1n) is 10.9. The molecule has 3 saturated heterocycles. The maximum Gasteiger partial charge on any atom is 0.240 e. The minimum Gasteiger partial charge on any atom is -0.378 e. The van der Waals surface area contributed by atoms with Gasteiger partial charge in [0.15, 0.2) is 5.82 Å². The first-order chi connectivity index (χ1) is 13.7. The van der Waals surface area contributed by atoms with Crippen LogP contribution in [0.5, 0.6) is 0 Å². The van der Waals surface area contributed by atoms with Gasteiger partial charge in [-0.2, -0.15) is 4.98 Å². The van der Waals surface area contributed by atoms with Crippen LogP contribution in [0.4, 0.5) is 0 Å². The second-order valence-corrected chi connectivity index (χ2v) is 8.24. The van der Waals surface area contributed by atoms with Crippen LogP contribution in [0.1, 0.15) is 44.3 Å². The molecular formula is C20H33N5O3. The van der Waals surface area contributed by atoms with Gasteiger partial charge in [-0.15, -0.1) is 0 Å². The Hall–Kier alpha value is -1.51. The number of ether oxygens (including phenoxy) is 1. The van der Waals surface area contributed by atoms with Crippen LogP contribution >= 0.6 is 0 Å². The lowest BCUT2D eigenvalue weighted by molar-refractivity contribution is -0.142. The van der Waals surface area contributed by atoms with Crippen molar-refractivity contribution in [2.75, 3.05) is 52.5 Å². The van der Waals surface area contributed by atoms with Crippen LogP contribution in [0, 0.1) is 5.92 Å². The maximum absolute atomic E-state index is 12.9. The van der Waals surface area contributed by atoms with Crippen molar-refractivity contribution in [1.82, 2.24) is 24.8 Å². The molecule has 4 heterocycles. The molecule has 0 radical (unpaired) electrons. The predicted octanol–water partition coefficient (Wildman–Crippen LogP) is 1.17. The summed E-state index contributed by atoms with van der Waals surface area (Å²) in [4.78, 5) is 24.3. The summed E-state index contributed by atoms with van der Waals surface area (Å²) in [5.41, 5.74) is 0. The third-order valence-electron chi connectivity index (χ3n) is 6.38. The van der Waals surface area contributed by atoms with Crippen LogP contribution in [0.2, 0.25) is 0 Å². The zero-order valence-corrected chi connectivity index (χ0v) is 17.0. The fourth-order valence-corrected chi connectivity index (χ4v) is 4.71. The lowest BCUT2D eigenvalue weighted by Crippen LogP contribution is -2.52. The van der Waals surface area contributed by atoms with Gasteiger partial charge in [0.2, 0.25) is 11.8 Å². The van der Waals surface area contributed by atoms with Gasteiger partial charge in [0.1, 0.15) is 0 Å². The van der Waals surface area contributed by atoms with E-state index in [0.717, 1.165) is 89.6 Å². The van der Waals surface area contributed by atoms with Gasteiger partial charge in [0.25, 0.3) is 0 Å².